The molecule has 0 bridgehead atoms. The molecule has 0 aliphatic carbocycles. The van der Waals surface area contributed by atoms with Crippen molar-refractivity contribution in [3.05, 3.63) is 70.2 Å². The lowest BCUT2D eigenvalue weighted by Crippen LogP contribution is -2.38. The molecule has 134 valence electrons. The number of nitrogens with one attached hydrogen (secondary N) is 1. The summed E-state index contributed by atoms with van der Waals surface area (Å²) in [7, 11) is 2.08. The lowest BCUT2D eigenvalue weighted by atomic mass is 9.99. The molecule has 4 nitrogen and oxygen atoms in total. The van der Waals surface area contributed by atoms with Crippen molar-refractivity contribution in [3.63, 3.8) is 0 Å². The highest BCUT2D eigenvalue weighted by atomic mass is 35.5. The molecule has 3 rings (SSSR count). The van der Waals surface area contributed by atoms with Gasteiger partial charge in [0.05, 0.1) is 12.1 Å². The van der Waals surface area contributed by atoms with E-state index in [1.54, 1.807) is 0 Å². The quantitative estimate of drug-likeness (QED) is 0.855. The number of benzene rings is 2. The Kier molecular flexibility index (Phi) is 6.85. The summed E-state index contributed by atoms with van der Waals surface area (Å²) in [6, 6.07) is 15.5. The summed E-state index contributed by atoms with van der Waals surface area (Å²) in [6.07, 6.45) is 0.927. The van der Waals surface area contributed by atoms with Crippen LogP contribution in [0.15, 0.2) is 48.5 Å². The van der Waals surface area contributed by atoms with Crippen molar-refractivity contribution in [2.24, 2.45) is 5.73 Å². The first-order chi connectivity index (χ1) is 11.6. The van der Waals surface area contributed by atoms with Crippen LogP contribution in [0.4, 0.5) is 0 Å². The zero-order chi connectivity index (χ0) is 17.1. The van der Waals surface area contributed by atoms with E-state index in [4.69, 9.17) is 17.3 Å². The molecule has 2 aromatic rings. The van der Waals surface area contributed by atoms with Gasteiger partial charge in [-0.2, -0.15) is 0 Å². The first kappa shape index (κ1) is 19.7. The van der Waals surface area contributed by atoms with Gasteiger partial charge in [-0.05, 0) is 48.9 Å². The Hall–Kier alpha value is -1.59. The number of hydrogen-bond donors (Lipinski definition) is 2. The van der Waals surface area contributed by atoms with Crippen LogP contribution < -0.4 is 11.1 Å². The highest BCUT2D eigenvalue weighted by molar-refractivity contribution is 6.30. The molecule has 0 saturated carbocycles. The number of hydrogen-bond acceptors (Lipinski definition) is 3. The van der Waals surface area contributed by atoms with E-state index in [1.807, 2.05) is 48.5 Å². The second kappa shape index (κ2) is 8.68. The number of carbonyl (C=O) groups is 1. The molecular formula is C19H23Cl2N3O. The number of nitrogens with two attached hydrogens (primary N) is 1. The van der Waals surface area contributed by atoms with Crippen molar-refractivity contribution in [2.75, 3.05) is 13.6 Å². The molecule has 6 heteroatoms. The molecular weight excluding hydrogens is 357 g/mol. The maximum Gasteiger partial charge on any atom is 0.251 e. The van der Waals surface area contributed by atoms with Gasteiger partial charge in [0.1, 0.15) is 0 Å². The summed E-state index contributed by atoms with van der Waals surface area (Å²) >= 11 is 5.99. The average Bonchev–Trinajstić information content (AvgIpc) is 2.96. The van der Waals surface area contributed by atoms with Gasteiger partial charge in [-0.25, -0.2) is 0 Å². The van der Waals surface area contributed by atoms with E-state index in [9.17, 15) is 4.79 Å². The number of carbonyl (C=O) groups excluding carboxylic acids is 1. The molecule has 1 aliphatic rings. The predicted octanol–water partition coefficient (Wildman–Crippen LogP) is 3.40. The summed E-state index contributed by atoms with van der Waals surface area (Å²) in [5, 5.41) is 3.90. The van der Waals surface area contributed by atoms with Crippen LogP contribution in [0.3, 0.4) is 0 Å². The third-order valence-electron chi connectivity index (χ3n) is 4.63. The van der Waals surface area contributed by atoms with Gasteiger partial charge in [-0.15, -0.1) is 12.4 Å². The SMILES string of the molecule is CN1CCC(NC(=O)c2ccc(CN)cc2)C1c1ccc(Cl)cc1.Cl. The number of rotatable bonds is 4. The minimum absolute atomic E-state index is 0. The molecule has 2 unspecified atom stereocenters. The van der Waals surface area contributed by atoms with Crippen LogP contribution in [0.1, 0.15) is 33.9 Å². The van der Waals surface area contributed by atoms with Gasteiger partial charge in [0.2, 0.25) is 0 Å². The molecule has 1 fully saturated rings. The second-order valence-electron chi connectivity index (χ2n) is 6.25. The fraction of sp³-hybridized carbons (Fsp3) is 0.316. The molecule has 0 radical (unpaired) electrons. The van der Waals surface area contributed by atoms with Gasteiger partial charge >= 0.3 is 0 Å². The van der Waals surface area contributed by atoms with Gasteiger partial charge in [-0.3, -0.25) is 9.69 Å². The summed E-state index contributed by atoms with van der Waals surface area (Å²) in [6.45, 7) is 1.43. The van der Waals surface area contributed by atoms with E-state index in [2.05, 4.69) is 17.3 Å². The first-order valence-corrected chi connectivity index (χ1v) is 8.52. The monoisotopic (exact) mass is 379 g/mol. The lowest BCUT2D eigenvalue weighted by Gasteiger charge is -2.26. The molecule has 1 amide bonds. The Morgan fingerprint density at radius 1 is 1.20 bits per heavy atom. The molecule has 2 atom stereocenters. The number of nitrogens with zero attached hydrogens (tertiary/aromatic N) is 1. The highest BCUT2D eigenvalue weighted by Gasteiger charge is 2.34. The molecule has 25 heavy (non-hydrogen) atoms. The molecule has 1 aliphatic heterocycles. The number of likely N-dealkylation sites (N-methyl/N-ethyl adjacent to an activating group) is 1. The summed E-state index contributed by atoms with van der Waals surface area (Å²) < 4.78 is 0. The molecule has 2 aromatic carbocycles. The summed E-state index contributed by atoms with van der Waals surface area (Å²) in [4.78, 5) is 14.8. The minimum Gasteiger partial charge on any atom is -0.347 e. The Labute approximate surface area is 159 Å². The van der Waals surface area contributed by atoms with Crippen LogP contribution >= 0.6 is 24.0 Å². The van der Waals surface area contributed by atoms with E-state index in [1.165, 1.54) is 5.56 Å². The zero-order valence-corrected chi connectivity index (χ0v) is 15.7. The molecule has 3 N–H and O–H groups in total. The molecule has 0 spiro atoms. The van der Waals surface area contributed by atoms with Crippen molar-refractivity contribution in [1.29, 1.82) is 0 Å². The van der Waals surface area contributed by atoms with E-state index in [0.717, 1.165) is 23.6 Å². The van der Waals surface area contributed by atoms with Gasteiger partial charge in [0.15, 0.2) is 0 Å². The van der Waals surface area contributed by atoms with Crippen molar-refractivity contribution in [2.45, 2.75) is 25.0 Å². The van der Waals surface area contributed by atoms with Crippen LogP contribution in [0.2, 0.25) is 5.02 Å². The highest BCUT2D eigenvalue weighted by Crippen LogP contribution is 2.31. The zero-order valence-electron chi connectivity index (χ0n) is 14.1. The summed E-state index contributed by atoms with van der Waals surface area (Å²) in [5.41, 5.74) is 8.45. The molecule has 1 saturated heterocycles. The van der Waals surface area contributed by atoms with E-state index in [-0.39, 0.29) is 30.4 Å². The van der Waals surface area contributed by atoms with Gasteiger partial charge < -0.3 is 11.1 Å². The lowest BCUT2D eigenvalue weighted by molar-refractivity contribution is 0.0927. The third-order valence-corrected chi connectivity index (χ3v) is 4.88. The van der Waals surface area contributed by atoms with Gasteiger partial charge in [0, 0.05) is 23.7 Å². The topological polar surface area (TPSA) is 58.4 Å². The van der Waals surface area contributed by atoms with Crippen molar-refractivity contribution < 1.29 is 4.79 Å². The van der Waals surface area contributed by atoms with Gasteiger partial charge in [-0.1, -0.05) is 35.9 Å². The van der Waals surface area contributed by atoms with E-state index in [0.29, 0.717) is 12.1 Å². The Bertz CT molecular complexity index is 704. The Balaban J connectivity index is 0.00000225. The van der Waals surface area contributed by atoms with Crippen molar-refractivity contribution >= 4 is 29.9 Å². The fourth-order valence-corrected chi connectivity index (χ4v) is 3.41. The summed E-state index contributed by atoms with van der Waals surface area (Å²) in [5.74, 6) is -0.0437. The van der Waals surface area contributed by atoms with Crippen LogP contribution in [-0.4, -0.2) is 30.4 Å². The Morgan fingerprint density at radius 2 is 1.84 bits per heavy atom. The number of amides is 1. The maximum absolute atomic E-state index is 12.6. The normalized spacial score (nSPS) is 20.1. The van der Waals surface area contributed by atoms with Gasteiger partial charge in [0.25, 0.3) is 5.91 Å². The minimum atomic E-state index is -0.0437. The number of halogens is 2. The van der Waals surface area contributed by atoms with Crippen LogP contribution in [0, 0.1) is 0 Å². The van der Waals surface area contributed by atoms with Crippen molar-refractivity contribution in [1.82, 2.24) is 10.2 Å². The van der Waals surface area contributed by atoms with Crippen LogP contribution in [0.25, 0.3) is 0 Å². The third kappa shape index (κ3) is 4.53. The van der Waals surface area contributed by atoms with Crippen LogP contribution in [-0.2, 0) is 6.54 Å². The van der Waals surface area contributed by atoms with Crippen molar-refractivity contribution in [3.8, 4) is 0 Å². The van der Waals surface area contributed by atoms with E-state index >= 15 is 0 Å². The largest absolute Gasteiger partial charge is 0.347 e. The maximum atomic E-state index is 12.6. The second-order valence-corrected chi connectivity index (χ2v) is 6.68. The standard InChI is InChI=1S/C19H22ClN3O.ClH/c1-23-11-10-17(18(23)14-6-8-16(20)9-7-14)22-19(24)15-4-2-13(12-21)3-5-15;/h2-9,17-18H,10-12,21H2,1H3,(H,22,24);1H. The van der Waals surface area contributed by atoms with Crippen LogP contribution in [0.5, 0.6) is 0 Å². The number of likely N-dealkylation sites (tertiary alicyclic amines) is 1. The fourth-order valence-electron chi connectivity index (χ4n) is 3.29. The predicted molar refractivity (Wildman–Crippen MR) is 104 cm³/mol. The van der Waals surface area contributed by atoms with E-state index < -0.39 is 0 Å². The smallest absolute Gasteiger partial charge is 0.251 e. The molecule has 0 aromatic heterocycles. The Morgan fingerprint density at radius 3 is 2.44 bits per heavy atom. The average molecular weight is 380 g/mol. The first-order valence-electron chi connectivity index (χ1n) is 8.14. The molecule has 1 heterocycles.